The van der Waals surface area contributed by atoms with Crippen LogP contribution in [0.2, 0.25) is 0 Å². The molecule has 0 radical (unpaired) electrons. The van der Waals surface area contributed by atoms with Gasteiger partial charge in [-0.05, 0) is 61.9 Å². The molecule has 36 heavy (non-hydrogen) atoms. The van der Waals surface area contributed by atoms with E-state index in [0.29, 0.717) is 23.4 Å². The van der Waals surface area contributed by atoms with Crippen molar-refractivity contribution < 1.29 is 19.1 Å². The molecule has 0 bridgehead atoms. The molecule has 188 valence electrons. The zero-order chi connectivity index (χ0) is 25.3. The van der Waals surface area contributed by atoms with Crippen molar-refractivity contribution in [2.75, 3.05) is 18.0 Å². The molecule has 0 fully saturated rings. The second-order valence-corrected chi connectivity index (χ2v) is 9.71. The first-order valence-corrected chi connectivity index (χ1v) is 13.1. The van der Waals surface area contributed by atoms with Crippen molar-refractivity contribution >= 4 is 28.3 Å². The largest absolute Gasteiger partial charge is 0.481 e. The summed E-state index contributed by atoms with van der Waals surface area (Å²) < 4.78 is 14.3. The van der Waals surface area contributed by atoms with Crippen molar-refractivity contribution in [2.24, 2.45) is 0 Å². The van der Waals surface area contributed by atoms with E-state index in [1.54, 1.807) is 24.3 Å². The molecule has 0 unspecified atom stereocenters. The van der Waals surface area contributed by atoms with Gasteiger partial charge in [-0.25, -0.2) is 9.37 Å². The minimum absolute atomic E-state index is 0.0912. The number of benzene rings is 2. The Bertz CT molecular complexity index is 1220. The van der Waals surface area contributed by atoms with Gasteiger partial charge in [0.25, 0.3) is 5.91 Å². The minimum atomic E-state index is -0.949. The number of carboxylic acids is 1. The van der Waals surface area contributed by atoms with Crippen LogP contribution in [0.4, 0.5) is 9.52 Å². The number of rotatable bonds is 11. The Hall–Kier alpha value is -3.52. The Morgan fingerprint density at radius 2 is 1.92 bits per heavy atom. The number of aliphatic carboxylic acids is 1. The molecule has 0 atom stereocenters. The number of aromatic nitrogens is 1. The molecule has 2 N–H and O–H groups in total. The Labute approximate surface area is 214 Å². The number of halogens is 1. The van der Waals surface area contributed by atoms with Gasteiger partial charge in [-0.1, -0.05) is 35.9 Å². The first kappa shape index (κ1) is 25.6. The molecule has 1 aromatic heterocycles. The van der Waals surface area contributed by atoms with Crippen molar-refractivity contribution in [1.82, 2.24) is 10.3 Å². The molecule has 4 rings (SSSR count). The van der Waals surface area contributed by atoms with Crippen LogP contribution in [-0.2, 0) is 11.3 Å². The average molecular weight is 508 g/mol. The summed E-state index contributed by atoms with van der Waals surface area (Å²) in [7, 11) is 0. The SMILES string of the molecule is O=C(O)CCNC(=O)c1ccc(CN(CCC2=CCCCC2)c2nc(-c3ccccc3F)cs2)cc1. The van der Waals surface area contributed by atoms with Gasteiger partial charge >= 0.3 is 5.97 Å². The monoisotopic (exact) mass is 507 g/mol. The molecule has 2 aromatic carbocycles. The Kier molecular flexibility index (Phi) is 8.84. The van der Waals surface area contributed by atoms with E-state index in [4.69, 9.17) is 10.1 Å². The average Bonchev–Trinajstić information content (AvgIpc) is 3.37. The lowest BCUT2D eigenvalue weighted by molar-refractivity contribution is -0.136. The third-order valence-electron chi connectivity index (χ3n) is 6.21. The highest BCUT2D eigenvalue weighted by molar-refractivity contribution is 7.14. The lowest BCUT2D eigenvalue weighted by atomic mass is 9.97. The van der Waals surface area contributed by atoms with E-state index in [1.165, 1.54) is 35.8 Å². The predicted octanol–water partition coefficient (Wildman–Crippen LogP) is 6.05. The van der Waals surface area contributed by atoms with Gasteiger partial charge in [-0.3, -0.25) is 9.59 Å². The highest BCUT2D eigenvalue weighted by Crippen LogP contribution is 2.31. The predicted molar refractivity (Wildman–Crippen MR) is 141 cm³/mol. The lowest BCUT2D eigenvalue weighted by Gasteiger charge is -2.24. The maximum Gasteiger partial charge on any atom is 0.305 e. The van der Waals surface area contributed by atoms with E-state index >= 15 is 0 Å². The summed E-state index contributed by atoms with van der Waals surface area (Å²) in [5, 5.41) is 14.1. The molecule has 8 heteroatoms. The quantitative estimate of drug-likeness (QED) is 0.309. The van der Waals surface area contributed by atoms with Crippen molar-refractivity contribution in [3.05, 3.63) is 82.5 Å². The van der Waals surface area contributed by atoms with Crippen LogP contribution in [0.3, 0.4) is 0 Å². The number of nitrogens with zero attached hydrogens (tertiary/aromatic N) is 2. The van der Waals surface area contributed by atoms with Crippen molar-refractivity contribution in [1.29, 1.82) is 0 Å². The standard InChI is InChI=1S/C28H30FN3O3S/c29-24-9-5-4-8-23(24)25-19-36-28(31-25)32(17-15-20-6-2-1-3-7-20)18-21-10-12-22(13-11-21)27(35)30-16-14-26(33)34/h4-6,8-13,19H,1-3,7,14-18H2,(H,30,35)(H,33,34). The van der Waals surface area contributed by atoms with Crippen LogP contribution < -0.4 is 10.2 Å². The molecule has 0 aliphatic heterocycles. The highest BCUT2D eigenvalue weighted by atomic mass is 32.1. The van der Waals surface area contributed by atoms with Gasteiger partial charge in [0.2, 0.25) is 0 Å². The fraction of sp³-hybridized carbons (Fsp3) is 0.321. The van der Waals surface area contributed by atoms with Gasteiger partial charge in [0, 0.05) is 36.1 Å². The second-order valence-electron chi connectivity index (χ2n) is 8.87. The third-order valence-corrected chi connectivity index (χ3v) is 7.12. The van der Waals surface area contributed by atoms with E-state index in [1.807, 2.05) is 23.6 Å². The zero-order valence-corrected chi connectivity index (χ0v) is 20.9. The first-order chi connectivity index (χ1) is 17.5. The highest BCUT2D eigenvalue weighted by Gasteiger charge is 2.16. The van der Waals surface area contributed by atoms with E-state index in [9.17, 15) is 14.0 Å². The number of amides is 1. The number of thiazole rings is 1. The number of anilines is 1. The van der Waals surface area contributed by atoms with Crippen LogP contribution >= 0.6 is 11.3 Å². The maximum atomic E-state index is 14.3. The topological polar surface area (TPSA) is 82.5 Å². The lowest BCUT2D eigenvalue weighted by Crippen LogP contribution is -2.26. The first-order valence-electron chi connectivity index (χ1n) is 12.2. The van der Waals surface area contributed by atoms with E-state index < -0.39 is 5.97 Å². The molecule has 0 saturated carbocycles. The van der Waals surface area contributed by atoms with Gasteiger partial charge in [0.05, 0.1) is 12.1 Å². The van der Waals surface area contributed by atoms with E-state index in [2.05, 4.69) is 16.3 Å². The van der Waals surface area contributed by atoms with Gasteiger partial charge in [0.15, 0.2) is 5.13 Å². The van der Waals surface area contributed by atoms with Crippen LogP contribution in [0, 0.1) is 5.82 Å². The van der Waals surface area contributed by atoms with Crippen molar-refractivity contribution in [3.63, 3.8) is 0 Å². The van der Waals surface area contributed by atoms with E-state index in [0.717, 1.165) is 36.5 Å². The fourth-order valence-corrected chi connectivity index (χ4v) is 5.07. The molecular formula is C28H30FN3O3S. The van der Waals surface area contributed by atoms with Crippen molar-refractivity contribution in [3.8, 4) is 11.3 Å². The van der Waals surface area contributed by atoms with Crippen LogP contribution in [0.1, 0.15) is 54.4 Å². The molecule has 1 aliphatic rings. The van der Waals surface area contributed by atoms with Gasteiger partial charge in [-0.2, -0.15) is 0 Å². The molecule has 1 amide bonds. The molecule has 6 nitrogen and oxygen atoms in total. The Morgan fingerprint density at radius 1 is 1.11 bits per heavy atom. The second kappa shape index (κ2) is 12.4. The molecule has 0 spiro atoms. The molecule has 0 saturated heterocycles. The minimum Gasteiger partial charge on any atom is -0.481 e. The summed E-state index contributed by atoms with van der Waals surface area (Å²) >= 11 is 1.50. The van der Waals surface area contributed by atoms with Crippen LogP contribution in [-0.4, -0.2) is 35.1 Å². The number of carbonyl (C=O) groups excluding carboxylic acids is 1. The third kappa shape index (κ3) is 7.01. The number of nitrogens with one attached hydrogen (secondary N) is 1. The number of carbonyl (C=O) groups is 2. The van der Waals surface area contributed by atoms with Gasteiger partial charge in [-0.15, -0.1) is 11.3 Å². The molecule has 1 heterocycles. The van der Waals surface area contributed by atoms with Crippen molar-refractivity contribution in [2.45, 2.75) is 45.1 Å². The Morgan fingerprint density at radius 3 is 2.64 bits per heavy atom. The summed E-state index contributed by atoms with van der Waals surface area (Å²) in [6.07, 6.45) is 7.96. The number of carboxylic acid groups (broad SMARTS) is 1. The summed E-state index contributed by atoms with van der Waals surface area (Å²) in [4.78, 5) is 29.9. The number of allylic oxidation sites excluding steroid dienone is 1. The smallest absolute Gasteiger partial charge is 0.305 e. The van der Waals surface area contributed by atoms with E-state index in [-0.39, 0.29) is 24.7 Å². The number of hydrogen-bond donors (Lipinski definition) is 2. The normalized spacial score (nSPS) is 13.2. The fourth-order valence-electron chi connectivity index (χ4n) is 4.22. The zero-order valence-electron chi connectivity index (χ0n) is 20.1. The number of hydrogen-bond acceptors (Lipinski definition) is 5. The summed E-state index contributed by atoms with van der Waals surface area (Å²) in [5.74, 6) is -1.53. The summed E-state index contributed by atoms with van der Waals surface area (Å²) in [5.41, 5.74) is 4.11. The maximum absolute atomic E-state index is 14.3. The summed E-state index contributed by atoms with van der Waals surface area (Å²) in [6, 6.07) is 14.0. The molecular weight excluding hydrogens is 477 g/mol. The van der Waals surface area contributed by atoms with Gasteiger partial charge in [0.1, 0.15) is 5.82 Å². The van der Waals surface area contributed by atoms with Gasteiger partial charge < -0.3 is 15.3 Å². The van der Waals surface area contributed by atoms with Crippen LogP contribution in [0.5, 0.6) is 0 Å². The Balaban J connectivity index is 1.48. The van der Waals surface area contributed by atoms with Crippen LogP contribution in [0.25, 0.3) is 11.3 Å². The molecule has 1 aliphatic carbocycles. The molecule has 3 aromatic rings. The van der Waals surface area contributed by atoms with Crippen LogP contribution in [0.15, 0.2) is 65.6 Å². The summed E-state index contributed by atoms with van der Waals surface area (Å²) in [6.45, 7) is 1.50.